The second-order valence-electron chi connectivity index (χ2n) is 8.73. The molecule has 0 aromatic rings. The second-order valence-corrected chi connectivity index (χ2v) is 13.0. The van der Waals surface area contributed by atoms with Crippen molar-refractivity contribution in [1.82, 2.24) is 7.06 Å². The number of carbonyl (C=O) groups is 2. The Morgan fingerprint density at radius 1 is 1.38 bits per heavy atom. The third kappa shape index (κ3) is 1.74. The van der Waals surface area contributed by atoms with Gasteiger partial charge in [-0.2, -0.15) is 0 Å². The summed E-state index contributed by atoms with van der Waals surface area (Å²) in [7, 11) is 0. The van der Waals surface area contributed by atoms with Crippen molar-refractivity contribution in [1.29, 1.82) is 0 Å². The van der Waals surface area contributed by atoms with E-state index in [1.807, 2.05) is 27.7 Å². The van der Waals surface area contributed by atoms with Crippen LogP contribution in [0.1, 0.15) is 47.0 Å². The van der Waals surface area contributed by atoms with Gasteiger partial charge in [0.05, 0.1) is 0 Å². The predicted molar refractivity (Wildman–Crippen MR) is 94.7 cm³/mol. The topological polar surface area (TPSA) is 96.5 Å². The van der Waals surface area contributed by atoms with Gasteiger partial charge in [0.25, 0.3) is 0 Å². The Balaban J connectivity index is 1.38. The van der Waals surface area contributed by atoms with Crippen LogP contribution in [0.25, 0.3) is 0 Å². The summed E-state index contributed by atoms with van der Waals surface area (Å²) < 4.78 is 18.5. The van der Waals surface area contributed by atoms with Crippen LogP contribution >= 0.6 is 20.4 Å². The van der Waals surface area contributed by atoms with E-state index in [4.69, 9.17) is 9.47 Å². The van der Waals surface area contributed by atoms with E-state index in [0.717, 1.165) is 19.3 Å². The number of ether oxygens (including phenoxy) is 2. The SMILES string of the molecule is CCC(C)(C(=O)OC(C)(C)C1C2CC3OC(=O)C1C3C2)C12NI1N2. The molecule has 0 spiro atoms. The Bertz CT molecular complexity index is 645. The van der Waals surface area contributed by atoms with Gasteiger partial charge < -0.3 is 0 Å². The molecule has 24 heavy (non-hydrogen) atoms. The molecule has 7 heteroatoms. The van der Waals surface area contributed by atoms with Crippen LogP contribution in [0.5, 0.6) is 0 Å². The fourth-order valence-electron chi connectivity index (χ4n) is 5.58. The molecule has 3 aliphatic heterocycles. The van der Waals surface area contributed by atoms with E-state index in [9.17, 15) is 9.59 Å². The van der Waals surface area contributed by atoms with Crippen LogP contribution in [0.3, 0.4) is 0 Å². The van der Waals surface area contributed by atoms with E-state index in [-0.39, 0.29) is 33.5 Å². The summed E-state index contributed by atoms with van der Waals surface area (Å²) in [5, 5.41) is 0. The molecule has 6 nitrogen and oxygen atoms in total. The Kier molecular flexibility index (Phi) is 2.94. The Hall–Kier alpha value is -0.410. The molecular weight excluding hydrogens is 423 g/mol. The minimum atomic E-state index is -1.23. The molecule has 5 aliphatic rings. The fourth-order valence-corrected chi connectivity index (χ4v) is 11.2. The zero-order valence-corrected chi connectivity index (χ0v) is 16.7. The molecule has 2 aliphatic carbocycles. The summed E-state index contributed by atoms with van der Waals surface area (Å²) in [4.78, 5) is 25.4. The molecule has 0 radical (unpaired) electrons. The van der Waals surface area contributed by atoms with Crippen molar-refractivity contribution in [3.8, 4) is 0 Å². The molecule has 3 heterocycles. The van der Waals surface area contributed by atoms with E-state index in [1.165, 1.54) is 0 Å². The number of nitrogens with one attached hydrogen (secondary N) is 2. The van der Waals surface area contributed by atoms with Crippen LogP contribution in [0.4, 0.5) is 0 Å². The summed E-state index contributed by atoms with van der Waals surface area (Å²) in [5.74, 6) is 0.589. The van der Waals surface area contributed by atoms with Gasteiger partial charge in [-0.25, -0.2) is 0 Å². The third-order valence-corrected chi connectivity index (χ3v) is 12.2. The molecule has 0 aromatic carbocycles. The second kappa shape index (κ2) is 4.46. The summed E-state index contributed by atoms with van der Waals surface area (Å²) >= 11 is -1.23. The third-order valence-electron chi connectivity index (χ3n) is 7.22. The molecule has 6 unspecified atom stereocenters. The maximum absolute atomic E-state index is 13.1. The minimum absolute atomic E-state index is 0.0721. The molecule has 0 aromatic heterocycles. The van der Waals surface area contributed by atoms with Gasteiger partial charge in [0.1, 0.15) is 0 Å². The molecule has 2 saturated carbocycles. The first kappa shape index (κ1) is 15.8. The number of hydrogen-bond acceptors (Lipinski definition) is 6. The first-order valence-electron chi connectivity index (χ1n) is 8.93. The van der Waals surface area contributed by atoms with Gasteiger partial charge in [0.2, 0.25) is 0 Å². The van der Waals surface area contributed by atoms with E-state index in [2.05, 4.69) is 7.06 Å². The Morgan fingerprint density at radius 2 is 2.04 bits per heavy atom. The van der Waals surface area contributed by atoms with Crippen molar-refractivity contribution in [2.24, 2.45) is 29.1 Å². The van der Waals surface area contributed by atoms with Crippen LogP contribution in [0, 0.1) is 29.1 Å². The molecule has 5 fully saturated rings. The van der Waals surface area contributed by atoms with Crippen LogP contribution in [0.15, 0.2) is 0 Å². The standard InChI is InChI=1S/C17H25IN2O4/c1-5-16(4,17-18(19-17)20-17)14(22)24-15(2,3)12-8-6-9-10(7-8)23-13(21)11(9)12/h8-12,19-20H,5-7H2,1-4H3. The zero-order chi connectivity index (χ0) is 17.1. The van der Waals surface area contributed by atoms with E-state index < -0.39 is 31.4 Å². The van der Waals surface area contributed by atoms with Gasteiger partial charge in [0, 0.05) is 0 Å². The van der Waals surface area contributed by atoms with Gasteiger partial charge in [-0.15, -0.1) is 0 Å². The number of alkyl halides is 1. The van der Waals surface area contributed by atoms with Crippen molar-refractivity contribution in [3.05, 3.63) is 0 Å². The number of halogens is 1. The summed E-state index contributed by atoms with van der Waals surface area (Å²) in [6, 6.07) is 0. The quantitative estimate of drug-likeness (QED) is 0.167. The number of carbonyl (C=O) groups excluding carboxylic acids is 2. The number of rotatable bonds is 5. The van der Waals surface area contributed by atoms with Crippen LogP contribution < -0.4 is 7.06 Å². The molecule has 6 atom stereocenters. The summed E-state index contributed by atoms with van der Waals surface area (Å²) in [6.45, 7) is 8.04. The van der Waals surface area contributed by atoms with Gasteiger partial charge in [-0.3, -0.25) is 0 Å². The van der Waals surface area contributed by atoms with E-state index >= 15 is 0 Å². The monoisotopic (exact) mass is 448 g/mol. The van der Waals surface area contributed by atoms with Crippen LogP contribution in [0.2, 0.25) is 0 Å². The van der Waals surface area contributed by atoms with Gasteiger partial charge >= 0.3 is 150 Å². The Labute approximate surface area is 149 Å². The van der Waals surface area contributed by atoms with Crippen molar-refractivity contribution >= 4 is 32.3 Å². The first-order chi connectivity index (χ1) is 11.2. The fraction of sp³-hybridized carbons (Fsp3) is 0.882. The summed E-state index contributed by atoms with van der Waals surface area (Å²) in [6.07, 6.45) is 2.85. The van der Waals surface area contributed by atoms with Crippen molar-refractivity contribution in [3.63, 3.8) is 0 Å². The van der Waals surface area contributed by atoms with Gasteiger partial charge in [0.15, 0.2) is 0 Å². The van der Waals surface area contributed by atoms with Crippen LogP contribution in [-0.2, 0) is 19.1 Å². The van der Waals surface area contributed by atoms with Crippen molar-refractivity contribution < 1.29 is 19.1 Å². The summed E-state index contributed by atoms with van der Waals surface area (Å²) in [5.41, 5.74) is -1.14. The molecule has 5 rings (SSSR count). The Morgan fingerprint density at radius 3 is 2.62 bits per heavy atom. The van der Waals surface area contributed by atoms with Gasteiger partial charge in [-0.05, 0) is 0 Å². The average molecular weight is 448 g/mol. The number of hydrogen-bond donors (Lipinski definition) is 2. The van der Waals surface area contributed by atoms with Crippen molar-refractivity contribution in [2.45, 2.75) is 62.3 Å². The van der Waals surface area contributed by atoms with Gasteiger partial charge in [-0.1, -0.05) is 0 Å². The molecule has 2 N–H and O–H groups in total. The molecule has 2 bridgehead atoms. The first-order valence-corrected chi connectivity index (χ1v) is 12.2. The molecular formula is C17H25IN2O4. The molecule has 0 amide bonds. The van der Waals surface area contributed by atoms with Crippen LogP contribution in [-0.4, -0.2) is 27.3 Å². The predicted octanol–water partition coefficient (Wildman–Crippen LogP) is 2.12. The normalized spacial score (nSPS) is 43.9. The van der Waals surface area contributed by atoms with Crippen molar-refractivity contribution in [2.75, 3.05) is 0 Å². The molecule has 3 saturated heterocycles. The van der Waals surface area contributed by atoms with E-state index in [0.29, 0.717) is 11.8 Å². The number of esters is 2. The average Bonchev–Trinajstić information content (AvgIpc) is 3.25. The van der Waals surface area contributed by atoms with E-state index in [1.54, 1.807) is 0 Å². The zero-order valence-electron chi connectivity index (χ0n) is 14.5. The number of fused-ring (bicyclic) bond motifs is 2. The molecule has 134 valence electrons. The maximum atomic E-state index is 13.1.